The van der Waals surface area contributed by atoms with Crippen molar-refractivity contribution in [3.8, 4) is 5.75 Å². The maximum Gasteiger partial charge on any atom is 0.387 e. The standard InChI is InChI=1S/C16H12BrF2N3O2/c17-11-3-1-2-10(8-11)16(13(23)21-15(20)22-16)9-4-6-12(7-5-9)24-14(18)19/h1-8,14H,(H3,20,21,22,23). The molecule has 3 N–H and O–H groups in total. The summed E-state index contributed by atoms with van der Waals surface area (Å²) in [6.45, 7) is -2.92. The molecule has 0 bridgehead atoms. The van der Waals surface area contributed by atoms with Crippen LogP contribution >= 0.6 is 15.9 Å². The van der Waals surface area contributed by atoms with E-state index in [-0.39, 0.29) is 11.7 Å². The molecular formula is C16H12BrF2N3O2. The number of carbonyl (C=O) groups excluding carboxylic acids is 1. The van der Waals surface area contributed by atoms with Crippen molar-refractivity contribution < 1.29 is 18.3 Å². The van der Waals surface area contributed by atoms with E-state index in [0.29, 0.717) is 11.1 Å². The lowest BCUT2D eigenvalue weighted by atomic mass is 9.83. The largest absolute Gasteiger partial charge is 0.435 e. The highest BCUT2D eigenvalue weighted by atomic mass is 79.9. The topological polar surface area (TPSA) is 76.7 Å². The minimum atomic E-state index is -2.92. The number of guanidine groups is 1. The van der Waals surface area contributed by atoms with Crippen LogP contribution in [0.5, 0.6) is 5.75 Å². The first-order chi connectivity index (χ1) is 11.4. The molecule has 1 aliphatic rings. The summed E-state index contributed by atoms with van der Waals surface area (Å²) in [6, 6.07) is 12.8. The van der Waals surface area contributed by atoms with Gasteiger partial charge in [0.05, 0.1) is 0 Å². The fourth-order valence-corrected chi connectivity index (χ4v) is 3.01. The molecule has 1 unspecified atom stereocenters. The summed E-state index contributed by atoms with van der Waals surface area (Å²) in [6.07, 6.45) is 0. The third kappa shape index (κ3) is 2.84. The number of nitrogens with zero attached hydrogens (tertiary/aromatic N) is 1. The predicted octanol–water partition coefficient (Wildman–Crippen LogP) is 2.74. The van der Waals surface area contributed by atoms with Crippen LogP contribution in [0, 0.1) is 0 Å². The average Bonchev–Trinajstić information content (AvgIpc) is 2.83. The monoisotopic (exact) mass is 395 g/mol. The van der Waals surface area contributed by atoms with Gasteiger partial charge >= 0.3 is 6.61 Å². The van der Waals surface area contributed by atoms with Crippen molar-refractivity contribution in [1.29, 1.82) is 0 Å². The van der Waals surface area contributed by atoms with Crippen LogP contribution in [0.1, 0.15) is 11.1 Å². The van der Waals surface area contributed by atoms with E-state index < -0.39 is 18.1 Å². The van der Waals surface area contributed by atoms with Crippen LogP contribution in [0.4, 0.5) is 8.78 Å². The fourth-order valence-electron chi connectivity index (χ4n) is 2.62. The number of hydrogen-bond acceptors (Lipinski definition) is 4. The molecule has 1 aliphatic heterocycles. The minimum absolute atomic E-state index is 0.00602. The number of halogens is 3. The van der Waals surface area contributed by atoms with E-state index in [2.05, 4.69) is 31.0 Å². The van der Waals surface area contributed by atoms with Gasteiger partial charge in [0.1, 0.15) is 5.75 Å². The summed E-state index contributed by atoms with van der Waals surface area (Å²) >= 11 is 3.36. The predicted molar refractivity (Wildman–Crippen MR) is 87.8 cm³/mol. The lowest BCUT2D eigenvalue weighted by Crippen LogP contribution is -2.39. The molecule has 0 spiro atoms. The zero-order chi connectivity index (χ0) is 17.3. The number of rotatable bonds is 4. The molecule has 0 fully saturated rings. The summed E-state index contributed by atoms with van der Waals surface area (Å²) in [5, 5.41) is 2.49. The molecular weight excluding hydrogens is 384 g/mol. The van der Waals surface area contributed by atoms with Crippen LogP contribution in [-0.2, 0) is 10.3 Å². The zero-order valence-electron chi connectivity index (χ0n) is 12.2. The van der Waals surface area contributed by atoms with Gasteiger partial charge in [-0.1, -0.05) is 40.2 Å². The highest BCUT2D eigenvalue weighted by Crippen LogP contribution is 2.38. The first-order valence-corrected chi connectivity index (χ1v) is 7.69. The van der Waals surface area contributed by atoms with Crippen molar-refractivity contribution in [3.05, 3.63) is 64.1 Å². The van der Waals surface area contributed by atoms with Crippen LogP contribution in [0.15, 0.2) is 58.0 Å². The van der Waals surface area contributed by atoms with Gasteiger partial charge in [-0.15, -0.1) is 0 Å². The van der Waals surface area contributed by atoms with Gasteiger partial charge in [0.15, 0.2) is 11.5 Å². The summed E-state index contributed by atoms with van der Waals surface area (Å²) in [5.74, 6) is -0.429. The van der Waals surface area contributed by atoms with Crippen molar-refractivity contribution in [2.75, 3.05) is 0 Å². The van der Waals surface area contributed by atoms with Gasteiger partial charge in [-0.25, -0.2) is 4.99 Å². The van der Waals surface area contributed by atoms with Crippen molar-refractivity contribution in [3.63, 3.8) is 0 Å². The molecule has 24 heavy (non-hydrogen) atoms. The lowest BCUT2D eigenvalue weighted by Gasteiger charge is -2.25. The first kappa shape index (κ1) is 16.4. The van der Waals surface area contributed by atoms with Gasteiger partial charge in [0.2, 0.25) is 0 Å². The molecule has 3 rings (SSSR count). The number of aliphatic imine (C=N–C) groups is 1. The maximum absolute atomic E-state index is 12.6. The van der Waals surface area contributed by atoms with E-state index in [1.54, 1.807) is 18.2 Å². The van der Waals surface area contributed by atoms with Crippen molar-refractivity contribution in [2.24, 2.45) is 10.7 Å². The third-order valence-electron chi connectivity index (χ3n) is 3.60. The van der Waals surface area contributed by atoms with Crippen LogP contribution in [0.25, 0.3) is 0 Å². The zero-order valence-corrected chi connectivity index (χ0v) is 13.8. The smallest absolute Gasteiger partial charge is 0.387 e. The Morgan fingerprint density at radius 1 is 1.17 bits per heavy atom. The average molecular weight is 396 g/mol. The second-order valence-electron chi connectivity index (χ2n) is 5.07. The molecule has 8 heteroatoms. The highest BCUT2D eigenvalue weighted by molar-refractivity contribution is 9.10. The number of nitrogens with one attached hydrogen (secondary N) is 1. The maximum atomic E-state index is 12.6. The normalized spacial score (nSPS) is 20.0. The molecule has 5 nitrogen and oxygen atoms in total. The molecule has 2 aromatic carbocycles. The van der Waals surface area contributed by atoms with Gasteiger partial charge in [-0.2, -0.15) is 8.78 Å². The first-order valence-electron chi connectivity index (χ1n) is 6.90. The van der Waals surface area contributed by atoms with Crippen LogP contribution in [0.3, 0.4) is 0 Å². The van der Waals surface area contributed by atoms with E-state index in [4.69, 9.17) is 5.73 Å². The Labute approximate surface area is 144 Å². The molecule has 0 radical (unpaired) electrons. The van der Waals surface area contributed by atoms with Crippen molar-refractivity contribution in [1.82, 2.24) is 5.32 Å². The molecule has 124 valence electrons. The van der Waals surface area contributed by atoms with Crippen LogP contribution in [-0.4, -0.2) is 18.5 Å². The number of amides is 1. The summed E-state index contributed by atoms with van der Waals surface area (Å²) in [5.41, 5.74) is 5.40. The fraction of sp³-hybridized carbons (Fsp3) is 0.125. The molecule has 1 amide bonds. The Balaban J connectivity index is 2.11. The number of alkyl halides is 2. The number of benzene rings is 2. The second kappa shape index (κ2) is 6.20. The number of hydrogen-bond donors (Lipinski definition) is 2. The Morgan fingerprint density at radius 3 is 2.42 bits per heavy atom. The van der Waals surface area contributed by atoms with E-state index in [1.165, 1.54) is 24.3 Å². The molecule has 1 heterocycles. The highest BCUT2D eigenvalue weighted by Gasteiger charge is 2.46. The Morgan fingerprint density at radius 2 is 1.88 bits per heavy atom. The molecule has 0 aromatic heterocycles. The SMILES string of the molecule is NC1=NC(c2ccc(OC(F)F)cc2)(c2cccc(Br)c2)C(=O)N1. The Kier molecular flexibility index (Phi) is 4.23. The number of nitrogens with two attached hydrogens (primary N) is 1. The summed E-state index contributed by atoms with van der Waals surface area (Å²) in [7, 11) is 0. The second-order valence-corrected chi connectivity index (χ2v) is 5.99. The van der Waals surface area contributed by atoms with E-state index in [0.717, 1.165) is 4.47 Å². The number of ether oxygens (including phenoxy) is 1. The van der Waals surface area contributed by atoms with Gasteiger partial charge in [-0.05, 0) is 35.4 Å². The molecule has 2 aromatic rings. The molecule has 0 saturated heterocycles. The lowest BCUT2D eigenvalue weighted by molar-refractivity contribution is -0.122. The van der Waals surface area contributed by atoms with E-state index in [1.807, 2.05) is 6.07 Å². The van der Waals surface area contributed by atoms with Gasteiger partial charge in [0, 0.05) is 4.47 Å². The van der Waals surface area contributed by atoms with E-state index >= 15 is 0 Å². The summed E-state index contributed by atoms with van der Waals surface area (Å²) in [4.78, 5) is 16.9. The van der Waals surface area contributed by atoms with Gasteiger partial charge in [0.25, 0.3) is 5.91 Å². The Hall–Kier alpha value is -2.48. The molecule has 0 aliphatic carbocycles. The molecule has 1 atom stereocenters. The molecule has 0 saturated carbocycles. The van der Waals surface area contributed by atoms with Crippen molar-refractivity contribution in [2.45, 2.75) is 12.2 Å². The van der Waals surface area contributed by atoms with Gasteiger partial charge in [-0.3, -0.25) is 10.1 Å². The third-order valence-corrected chi connectivity index (χ3v) is 4.09. The van der Waals surface area contributed by atoms with Crippen molar-refractivity contribution >= 4 is 27.8 Å². The van der Waals surface area contributed by atoms with E-state index in [9.17, 15) is 13.6 Å². The summed E-state index contributed by atoms with van der Waals surface area (Å²) < 4.78 is 29.7. The van der Waals surface area contributed by atoms with Crippen LogP contribution in [0.2, 0.25) is 0 Å². The minimum Gasteiger partial charge on any atom is -0.435 e. The van der Waals surface area contributed by atoms with Gasteiger partial charge < -0.3 is 10.5 Å². The number of carbonyl (C=O) groups is 1. The quantitative estimate of drug-likeness (QED) is 0.835. The van der Waals surface area contributed by atoms with Crippen LogP contribution < -0.4 is 15.8 Å². The Bertz CT molecular complexity index is 811.